The van der Waals surface area contributed by atoms with Crippen LogP contribution in [0.1, 0.15) is 10.4 Å². The first-order chi connectivity index (χ1) is 9.06. The first kappa shape index (κ1) is 13.8. The van der Waals surface area contributed by atoms with Crippen LogP contribution in [0.3, 0.4) is 0 Å². The number of nitrogens with one attached hydrogen (secondary N) is 1. The van der Waals surface area contributed by atoms with Gasteiger partial charge in [-0.15, -0.1) is 0 Å². The minimum absolute atomic E-state index is 0.249. The molecular formula is C13H11BBrNO3. The number of carbonyl (C=O) groups excluding carboxylic acids is 1. The summed E-state index contributed by atoms with van der Waals surface area (Å²) >= 11 is 3.32. The van der Waals surface area contributed by atoms with Gasteiger partial charge in [0.25, 0.3) is 5.91 Å². The van der Waals surface area contributed by atoms with Crippen LogP contribution in [0.5, 0.6) is 0 Å². The summed E-state index contributed by atoms with van der Waals surface area (Å²) in [6.07, 6.45) is 0. The van der Waals surface area contributed by atoms with Crippen molar-refractivity contribution in [2.24, 2.45) is 0 Å². The summed E-state index contributed by atoms with van der Waals surface area (Å²) < 4.78 is 0.937. The van der Waals surface area contributed by atoms with Gasteiger partial charge in [-0.1, -0.05) is 28.1 Å². The fraction of sp³-hybridized carbons (Fsp3) is 0. The van der Waals surface area contributed by atoms with Gasteiger partial charge in [-0.25, -0.2) is 0 Å². The highest BCUT2D eigenvalue weighted by molar-refractivity contribution is 9.10. The van der Waals surface area contributed by atoms with Crippen molar-refractivity contribution in [1.82, 2.24) is 0 Å². The number of halogens is 1. The fourth-order valence-electron chi connectivity index (χ4n) is 1.54. The van der Waals surface area contributed by atoms with E-state index in [0.29, 0.717) is 16.7 Å². The van der Waals surface area contributed by atoms with E-state index < -0.39 is 7.12 Å². The van der Waals surface area contributed by atoms with E-state index in [1.165, 1.54) is 12.1 Å². The molecule has 0 radical (unpaired) electrons. The zero-order valence-electron chi connectivity index (χ0n) is 9.88. The Kier molecular flexibility index (Phi) is 4.37. The summed E-state index contributed by atoms with van der Waals surface area (Å²) in [6, 6.07) is 13.3. The molecule has 0 saturated heterocycles. The molecule has 2 aromatic rings. The van der Waals surface area contributed by atoms with Crippen molar-refractivity contribution in [3.05, 3.63) is 58.6 Å². The summed E-state index contributed by atoms with van der Waals surface area (Å²) in [7, 11) is -1.52. The summed E-state index contributed by atoms with van der Waals surface area (Å²) in [5.74, 6) is -0.249. The topological polar surface area (TPSA) is 69.6 Å². The lowest BCUT2D eigenvalue weighted by Crippen LogP contribution is -2.29. The van der Waals surface area contributed by atoms with Crippen LogP contribution in [0, 0.1) is 0 Å². The van der Waals surface area contributed by atoms with Crippen LogP contribution in [0.4, 0.5) is 5.69 Å². The van der Waals surface area contributed by atoms with Crippen molar-refractivity contribution >= 4 is 40.1 Å². The Bertz CT molecular complexity index is 569. The van der Waals surface area contributed by atoms with Crippen LogP contribution in [0.25, 0.3) is 0 Å². The molecule has 96 valence electrons. The number of hydrogen-bond donors (Lipinski definition) is 3. The number of anilines is 1. The molecule has 0 atom stereocenters. The number of rotatable bonds is 3. The van der Waals surface area contributed by atoms with Crippen molar-refractivity contribution < 1.29 is 14.8 Å². The molecule has 19 heavy (non-hydrogen) atoms. The third kappa shape index (κ3) is 3.67. The molecule has 0 bridgehead atoms. The van der Waals surface area contributed by atoms with E-state index >= 15 is 0 Å². The Morgan fingerprint density at radius 2 is 1.58 bits per heavy atom. The predicted octanol–water partition coefficient (Wildman–Crippen LogP) is 1.38. The van der Waals surface area contributed by atoms with Crippen molar-refractivity contribution in [2.45, 2.75) is 0 Å². The molecule has 0 aliphatic heterocycles. The second kappa shape index (κ2) is 6.01. The molecule has 0 aliphatic rings. The maximum Gasteiger partial charge on any atom is 0.488 e. The molecule has 4 nitrogen and oxygen atoms in total. The summed E-state index contributed by atoms with van der Waals surface area (Å²) in [4.78, 5) is 11.9. The third-order valence-electron chi connectivity index (χ3n) is 2.57. The highest BCUT2D eigenvalue weighted by Gasteiger charge is 2.12. The SMILES string of the molecule is O=C(Nc1ccc(Br)cc1)c1ccc(B(O)O)cc1. The highest BCUT2D eigenvalue weighted by Crippen LogP contribution is 2.14. The van der Waals surface area contributed by atoms with Gasteiger partial charge in [0.05, 0.1) is 0 Å². The monoisotopic (exact) mass is 319 g/mol. The maximum atomic E-state index is 11.9. The van der Waals surface area contributed by atoms with Crippen molar-refractivity contribution in [3.63, 3.8) is 0 Å². The molecule has 0 unspecified atom stereocenters. The maximum absolute atomic E-state index is 11.9. The quantitative estimate of drug-likeness (QED) is 0.749. The largest absolute Gasteiger partial charge is 0.488 e. The van der Waals surface area contributed by atoms with Crippen LogP contribution in [-0.4, -0.2) is 23.1 Å². The lowest BCUT2D eigenvalue weighted by molar-refractivity contribution is 0.102. The van der Waals surface area contributed by atoms with Crippen molar-refractivity contribution in [3.8, 4) is 0 Å². The Hall–Kier alpha value is -1.63. The fourth-order valence-corrected chi connectivity index (χ4v) is 1.81. The molecule has 0 aromatic heterocycles. The average Bonchev–Trinajstić information content (AvgIpc) is 2.41. The first-order valence-electron chi connectivity index (χ1n) is 5.59. The molecule has 0 saturated carbocycles. The number of hydrogen-bond acceptors (Lipinski definition) is 3. The van der Waals surface area contributed by atoms with E-state index in [-0.39, 0.29) is 5.91 Å². The molecule has 0 spiro atoms. The van der Waals surface area contributed by atoms with Gasteiger partial charge >= 0.3 is 7.12 Å². The summed E-state index contributed by atoms with van der Waals surface area (Å²) in [5, 5.41) is 20.7. The highest BCUT2D eigenvalue weighted by atomic mass is 79.9. The van der Waals surface area contributed by atoms with Gasteiger partial charge in [-0.05, 0) is 41.9 Å². The molecule has 0 aliphatic carbocycles. The third-order valence-corrected chi connectivity index (χ3v) is 3.10. The van der Waals surface area contributed by atoms with Gasteiger partial charge < -0.3 is 15.4 Å². The van der Waals surface area contributed by atoms with Gasteiger partial charge in [0.2, 0.25) is 0 Å². The van der Waals surface area contributed by atoms with E-state index in [1.807, 2.05) is 12.1 Å². The van der Waals surface area contributed by atoms with E-state index in [4.69, 9.17) is 10.0 Å². The van der Waals surface area contributed by atoms with E-state index in [0.717, 1.165) is 4.47 Å². The summed E-state index contributed by atoms with van der Waals surface area (Å²) in [5.41, 5.74) is 1.49. The molecular weight excluding hydrogens is 309 g/mol. The molecule has 2 rings (SSSR count). The predicted molar refractivity (Wildman–Crippen MR) is 78.4 cm³/mol. The second-order valence-electron chi connectivity index (χ2n) is 3.96. The van der Waals surface area contributed by atoms with Gasteiger partial charge in [0.1, 0.15) is 0 Å². The zero-order valence-corrected chi connectivity index (χ0v) is 11.5. The lowest BCUT2D eigenvalue weighted by Gasteiger charge is -2.06. The molecule has 3 N–H and O–H groups in total. The first-order valence-corrected chi connectivity index (χ1v) is 6.38. The average molecular weight is 320 g/mol. The van der Waals surface area contributed by atoms with Crippen molar-refractivity contribution in [2.75, 3.05) is 5.32 Å². The van der Waals surface area contributed by atoms with Crippen LogP contribution in [0.15, 0.2) is 53.0 Å². The van der Waals surface area contributed by atoms with Gasteiger partial charge in [-0.2, -0.15) is 0 Å². The Morgan fingerprint density at radius 3 is 2.11 bits per heavy atom. The van der Waals surface area contributed by atoms with E-state index in [1.54, 1.807) is 24.3 Å². The molecule has 0 fully saturated rings. The zero-order chi connectivity index (χ0) is 13.8. The van der Waals surface area contributed by atoms with Crippen LogP contribution >= 0.6 is 15.9 Å². The number of carbonyl (C=O) groups is 1. The lowest BCUT2D eigenvalue weighted by atomic mass is 9.80. The van der Waals surface area contributed by atoms with Crippen LogP contribution < -0.4 is 10.8 Å². The summed E-state index contributed by atoms with van der Waals surface area (Å²) in [6.45, 7) is 0. The molecule has 2 aromatic carbocycles. The Labute approximate surface area is 119 Å². The minimum atomic E-state index is -1.52. The Balaban J connectivity index is 2.09. The van der Waals surface area contributed by atoms with E-state index in [9.17, 15) is 4.79 Å². The van der Waals surface area contributed by atoms with Gasteiger partial charge in [0.15, 0.2) is 0 Å². The minimum Gasteiger partial charge on any atom is -0.423 e. The molecule has 6 heteroatoms. The van der Waals surface area contributed by atoms with Gasteiger partial charge in [-0.3, -0.25) is 4.79 Å². The molecule has 1 amide bonds. The standard InChI is InChI=1S/C13H11BBrNO3/c15-11-5-7-12(8-6-11)16-13(17)9-1-3-10(4-2-9)14(18)19/h1-8,18-19H,(H,16,17). The second-order valence-corrected chi connectivity index (χ2v) is 4.87. The number of benzene rings is 2. The van der Waals surface area contributed by atoms with Crippen LogP contribution in [-0.2, 0) is 0 Å². The Morgan fingerprint density at radius 1 is 1.00 bits per heavy atom. The smallest absolute Gasteiger partial charge is 0.423 e. The van der Waals surface area contributed by atoms with E-state index in [2.05, 4.69) is 21.2 Å². The van der Waals surface area contributed by atoms with Crippen LogP contribution in [0.2, 0.25) is 0 Å². The molecule has 0 heterocycles. The number of amides is 1. The van der Waals surface area contributed by atoms with Crippen molar-refractivity contribution in [1.29, 1.82) is 0 Å². The normalized spacial score (nSPS) is 10.1. The van der Waals surface area contributed by atoms with Gasteiger partial charge in [0, 0.05) is 15.7 Å².